The molecule has 1 aliphatic rings. The van der Waals surface area contributed by atoms with E-state index in [2.05, 4.69) is 10.6 Å². The molecule has 1 aromatic rings. The molecule has 2 rings (SSSR count). The van der Waals surface area contributed by atoms with Gasteiger partial charge in [-0.1, -0.05) is 6.07 Å². The molecule has 0 atom stereocenters. The lowest BCUT2D eigenvalue weighted by Crippen LogP contribution is -2.41. The average molecular weight is 334 g/mol. The lowest BCUT2D eigenvalue weighted by Gasteiger charge is -2.32. The standard InChI is InChI=1S/C17H27BN2O4/c1-12-11-13(20-15(21)19-9-10-22-6)7-8-14(12)18-23-16(2,3)17(4,5)24-18/h7-8,11H,9-10H2,1-6H3,(H2,19,20,21). The van der Waals surface area contributed by atoms with Crippen LogP contribution in [0.4, 0.5) is 10.5 Å². The summed E-state index contributed by atoms with van der Waals surface area (Å²) in [7, 11) is 1.19. The van der Waals surface area contributed by atoms with Gasteiger partial charge >= 0.3 is 13.1 Å². The van der Waals surface area contributed by atoms with Crippen molar-refractivity contribution in [1.82, 2.24) is 5.32 Å². The summed E-state index contributed by atoms with van der Waals surface area (Å²) in [6.07, 6.45) is 0. The lowest BCUT2D eigenvalue weighted by molar-refractivity contribution is 0.00578. The van der Waals surface area contributed by atoms with Crippen LogP contribution in [-0.2, 0) is 14.0 Å². The van der Waals surface area contributed by atoms with E-state index in [1.54, 1.807) is 7.11 Å². The molecule has 1 aromatic carbocycles. The van der Waals surface area contributed by atoms with Crippen molar-refractivity contribution < 1.29 is 18.8 Å². The molecular formula is C17H27BN2O4. The highest BCUT2D eigenvalue weighted by Gasteiger charge is 2.52. The maximum Gasteiger partial charge on any atom is 0.495 e. The molecule has 6 nitrogen and oxygen atoms in total. The third kappa shape index (κ3) is 4.09. The first-order valence-electron chi connectivity index (χ1n) is 8.16. The Kier molecular flexibility index (Phi) is 5.57. The number of benzene rings is 1. The van der Waals surface area contributed by atoms with Gasteiger partial charge in [0.2, 0.25) is 0 Å². The van der Waals surface area contributed by atoms with Crippen LogP contribution in [0.15, 0.2) is 18.2 Å². The first-order valence-corrected chi connectivity index (χ1v) is 8.16. The van der Waals surface area contributed by atoms with Crippen molar-refractivity contribution >= 4 is 24.3 Å². The van der Waals surface area contributed by atoms with Gasteiger partial charge in [0.1, 0.15) is 0 Å². The average Bonchev–Trinajstić information content (AvgIpc) is 2.67. The van der Waals surface area contributed by atoms with Gasteiger partial charge in [-0.25, -0.2) is 4.79 Å². The second-order valence-corrected chi connectivity index (χ2v) is 7.03. The monoisotopic (exact) mass is 334 g/mol. The van der Waals surface area contributed by atoms with Crippen molar-refractivity contribution in [1.29, 1.82) is 0 Å². The van der Waals surface area contributed by atoms with E-state index in [9.17, 15) is 4.79 Å². The van der Waals surface area contributed by atoms with Gasteiger partial charge in [-0.3, -0.25) is 0 Å². The molecule has 0 saturated carbocycles. The maximum absolute atomic E-state index is 11.8. The molecule has 1 saturated heterocycles. The molecule has 1 heterocycles. The highest BCUT2D eigenvalue weighted by atomic mass is 16.7. The predicted molar refractivity (Wildman–Crippen MR) is 95.8 cm³/mol. The Balaban J connectivity index is 2.04. The SMILES string of the molecule is COCCNC(=O)Nc1ccc(B2OC(C)(C)C(C)(C)O2)c(C)c1. The first kappa shape index (κ1) is 18.8. The van der Waals surface area contributed by atoms with E-state index in [0.717, 1.165) is 16.7 Å². The van der Waals surface area contributed by atoms with Crippen LogP contribution in [0.3, 0.4) is 0 Å². The van der Waals surface area contributed by atoms with Crippen LogP contribution in [0.2, 0.25) is 0 Å². The molecule has 132 valence electrons. The Morgan fingerprint density at radius 2 is 1.83 bits per heavy atom. The van der Waals surface area contributed by atoms with Gasteiger partial charge < -0.3 is 24.7 Å². The fourth-order valence-electron chi connectivity index (χ4n) is 2.43. The zero-order chi connectivity index (χ0) is 18.0. The van der Waals surface area contributed by atoms with Crippen LogP contribution >= 0.6 is 0 Å². The predicted octanol–water partition coefficient (Wildman–Crippen LogP) is 2.06. The minimum atomic E-state index is -0.403. The molecule has 0 aromatic heterocycles. The Bertz CT molecular complexity index is 588. The van der Waals surface area contributed by atoms with Crippen LogP contribution in [0.25, 0.3) is 0 Å². The normalized spacial score (nSPS) is 18.5. The number of hydrogen-bond donors (Lipinski definition) is 2. The quantitative estimate of drug-likeness (QED) is 0.639. The van der Waals surface area contributed by atoms with E-state index in [-0.39, 0.29) is 17.2 Å². The number of rotatable bonds is 5. The Labute approximate surface area is 144 Å². The molecule has 2 N–H and O–H groups in total. The van der Waals surface area contributed by atoms with Crippen LogP contribution in [-0.4, -0.2) is 44.6 Å². The minimum Gasteiger partial charge on any atom is -0.399 e. The van der Waals surface area contributed by atoms with E-state index in [1.165, 1.54) is 0 Å². The highest BCUT2D eigenvalue weighted by molar-refractivity contribution is 6.62. The zero-order valence-electron chi connectivity index (χ0n) is 15.4. The second-order valence-electron chi connectivity index (χ2n) is 7.03. The number of carbonyl (C=O) groups is 1. The van der Waals surface area contributed by atoms with Crippen LogP contribution in [0, 0.1) is 6.92 Å². The maximum atomic E-state index is 11.8. The van der Waals surface area contributed by atoms with Crippen molar-refractivity contribution in [3.05, 3.63) is 23.8 Å². The number of nitrogens with one attached hydrogen (secondary N) is 2. The van der Waals surface area contributed by atoms with Crippen molar-refractivity contribution in [3.63, 3.8) is 0 Å². The minimum absolute atomic E-state index is 0.255. The fraction of sp³-hybridized carbons (Fsp3) is 0.588. The van der Waals surface area contributed by atoms with Crippen LogP contribution in [0.5, 0.6) is 0 Å². The molecular weight excluding hydrogens is 307 g/mol. The number of amides is 2. The highest BCUT2D eigenvalue weighted by Crippen LogP contribution is 2.36. The summed E-state index contributed by atoms with van der Waals surface area (Å²) in [5.74, 6) is 0. The summed E-state index contributed by atoms with van der Waals surface area (Å²) in [6.45, 7) is 11.0. The number of urea groups is 1. The van der Waals surface area contributed by atoms with E-state index >= 15 is 0 Å². The summed E-state index contributed by atoms with van der Waals surface area (Å²) in [5.41, 5.74) is 1.95. The lowest BCUT2D eigenvalue weighted by atomic mass is 9.76. The smallest absolute Gasteiger partial charge is 0.399 e. The van der Waals surface area contributed by atoms with Crippen molar-refractivity contribution in [3.8, 4) is 0 Å². The molecule has 1 fully saturated rings. The van der Waals surface area contributed by atoms with Gasteiger partial charge in [0.25, 0.3) is 0 Å². The summed E-state index contributed by atoms with van der Waals surface area (Å²) >= 11 is 0. The molecule has 2 amide bonds. The second kappa shape index (κ2) is 7.13. The molecule has 0 unspecified atom stereocenters. The zero-order valence-corrected chi connectivity index (χ0v) is 15.4. The first-order chi connectivity index (χ1) is 11.2. The summed E-state index contributed by atoms with van der Waals surface area (Å²) in [4.78, 5) is 11.8. The Hall–Kier alpha value is -1.57. The number of anilines is 1. The van der Waals surface area contributed by atoms with Gasteiger partial charge in [0.15, 0.2) is 0 Å². The van der Waals surface area contributed by atoms with E-state index < -0.39 is 7.12 Å². The topological polar surface area (TPSA) is 68.8 Å². The largest absolute Gasteiger partial charge is 0.495 e. The van der Waals surface area contributed by atoms with Gasteiger partial charge in [0, 0.05) is 19.3 Å². The van der Waals surface area contributed by atoms with E-state index in [0.29, 0.717) is 13.2 Å². The third-order valence-corrected chi connectivity index (χ3v) is 4.63. The van der Waals surface area contributed by atoms with Gasteiger partial charge in [0.05, 0.1) is 17.8 Å². The van der Waals surface area contributed by atoms with Gasteiger partial charge in [-0.2, -0.15) is 0 Å². The molecule has 0 bridgehead atoms. The molecule has 0 aliphatic carbocycles. The Morgan fingerprint density at radius 1 is 1.21 bits per heavy atom. The van der Waals surface area contributed by atoms with Crippen molar-refractivity contribution in [2.75, 3.05) is 25.6 Å². The number of ether oxygens (including phenoxy) is 1. The number of aryl methyl sites for hydroxylation is 1. The summed E-state index contributed by atoms with van der Waals surface area (Å²) in [6, 6.07) is 5.44. The van der Waals surface area contributed by atoms with Crippen molar-refractivity contribution in [2.45, 2.75) is 45.8 Å². The third-order valence-electron chi connectivity index (χ3n) is 4.63. The van der Waals surface area contributed by atoms with E-state index in [4.69, 9.17) is 14.0 Å². The summed E-state index contributed by atoms with van der Waals surface area (Å²) < 4.78 is 17.1. The number of carbonyl (C=O) groups excluding carboxylic acids is 1. The van der Waals surface area contributed by atoms with Gasteiger partial charge in [-0.15, -0.1) is 0 Å². The molecule has 0 spiro atoms. The van der Waals surface area contributed by atoms with Crippen molar-refractivity contribution in [2.24, 2.45) is 0 Å². The van der Waals surface area contributed by atoms with Crippen LogP contribution < -0.4 is 16.1 Å². The number of hydrogen-bond acceptors (Lipinski definition) is 4. The molecule has 24 heavy (non-hydrogen) atoms. The molecule has 0 radical (unpaired) electrons. The number of methoxy groups -OCH3 is 1. The fourth-order valence-corrected chi connectivity index (χ4v) is 2.43. The van der Waals surface area contributed by atoms with Crippen LogP contribution in [0.1, 0.15) is 33.3 Å². The van der Waals surface area contributed by atoms with Gasteiger partial charge in [-0.05, 0) is 57.8 Å². The Morgan fingerprint density at radius 3 is 2.38 bits per heavy atom. The van der Waals surface area contributed by atoms with E-state index in [1.807, 2.05) is 52.8 Å². The summed E-state index contributed by atoms with van der Waals surface area (Å²) in [5, 5.41) is 5.52. The molecule has 1 aliphatic heterocycles. The molecule has 7 heteroatoms.